The summed E-state index contributed by atoms with van der Waals surface area (Å²) in [5.74, 6) is 0.606. The van der Waals surface area contributed by atoms with E-state index in [4.69, 9.17) is 16.1 Å². The van der Waals surface area contributed by atoms with Crippen LogP contribution < -0.4 is 10.2 Å². The number of piperazine rings is 1. The van der Waals surface area contributed by atoms with Gasteiger partial charge < -0.3 is 14.3 Å². The first kappa shape index (κ1) is 15.6. The van der Waals surface area contributed by atoms with Gasteiger partial charge in [0.15, 0.2) is 5.82 Å². The Bertz CT molecular complexity index is 713. The predicted molar refractivity (Wildman–Crippen MR) is 85.5 cm³/mol. The van der Waals surface area contributed by atoms with Crippen molar-refractivity contribution in [3.63, 3.8) is 0 Å². The van der Waals surface area contributed by atoms with Crippen LogP contribution in [-0.2, 0) is 0 Å². The number of aromatic nitrogens is 1. The molecular weight excluding hydrogens is 323 g/mol. The van der Waals surface area contributed by atoms with Crippen molar-refractivity contribution in [1.82, 2.24) is 10.1 Å². The van der Waals surface area contributed by atoms with Gasteiger partial charge in [0, 0.05) is 37.9 Å². The summed E-state index contributed by atoms with van der Waals surface area (Å²) in [5.41, 5.74) is 0.851. The lowest BCUT2D eigenvalue weighted by molar-refractivity contribution is 0.208. The lowest BCUT2D eigenvalue weighted by Crippen LogP contribution is -2.50. The zero-order valence-corrected chi connectivity index (χ0v) is 13.3. The van der Waals surface area contributed by atoms with Gasteiger partial charge in [0.1, 0.15) is 11.6 Å². The highest BCUT2D eigenvalue weighted by atomic mass is 35.5. The van der Waals surface area contributed by atoms with E-state index in [1.54, 1.807) is 30.0 Å². The number of carbonyl (C=O) groups excluding carboxylic acids is 1. The van der Waals surface area contributed by atoms with Gasteiger partial charge in [0.05, 0.1) is 5.02 Å². The molecule has 1 saturated heterocycles. The molecule has 0 unspecified atom stereocenters. The SMILES string of the molecule is Cc1cc(NC(=O)N2CCN(c3ccc(F)c(Cl)c3)CC2)no1. The molecule has 2 heterocycles. The van der Waals surface area contributed by atoms with Crippen molar-refractivity contribution in [1.29, 1.82) is 0 Å². The van der Waals surface area contributed by atoms with E-state index in [-0.39, 0.29) is 11.1 Å². The number of hydrogen-bond acceptors (Lipinski definition) is 4. The molecule has 122 valence electrons. The quantitative estimate of drug-likeness (QED) is 0.913. The number of nitrogens with zero attached hydrogens (tertiary/aromatic N) is 3. The third-order valence-corrected chi connectivity index (χ3v) is 3.99. The number of hydrogen-bond donors (Lipinski definition) is 1. The van der Waals surface area contributed by atoms with Crippen LogP contribution in [-0.4, -0.2) is 42.3 Å². The molecule has 6 nitrogen and oxygen atoms in total. The number of halogens is 2. The molecule has 1 fully saturated rings. The number of rotatable bonds is 2. The number of amides is 2. The second kappa shape index (κ2) is 6.45. The van der Waals surface area contributed by atoms with Crippen LogP contribution in [0.2, 0.25) is 5.02 Å². The van der Waals surface area contributed by atoms with Crippen LogP contribution in [0.1, 0.15) is 5.76 Å². The maximum absolute atomic E-state index is 13.2. The van der Waals surface area contributed by atoms with Crippen LogP contribution in [0.25, 0.3) is 0 Å². The minimum atomic E-state index is -0.434. The lowest BCUT2D eigenvalue weighted by atomic mass is 10.2. The van der Waals surface area contributed by atoms with Crippen molar-refractivity contribution >= 4 is 29.1 Å². The number of nitrogens with one attached hydrogen (secondary N) is 1. The Morgan fingerprint density at radius 3 is 2.65 bits per heavy atom. The minimum absolute atomic E-state index is 0.101. The molecule has 1 aromatic carbocycles. The molecule has 0 radical (unpaired) electrons. The molecule has 2 amide bonds. The van der Waals surface area contributed by atoms with E-state index in [2.05, 4.69) is 15.4 Å². The summed E-state index contributed by atoms with van der Waals surface area (Å²) >= 11 is 5.81. The predicted octanol–water partition coefficient (Wildman–Crippen LogP) is 3.13. The van der Waals surface area contributed by atoms with E-state index in [0.717, 1.165) is 5.69 Å². The van der Waals surface area contributed by atoms with Gasteiger partial charge in [-0.1, -0.05) is 16.8 Å². The monoisotopic (exact) mass is 338 g/mol. The van der Waals surface area contributed by atoms with Gasteiger partial charge in [0.25, 0.3) is 0 Å². The highest BCUT2D eigenvalue weighted by Crippen LogP contribution is 2.23. The van der Waals surface area contributed by atoms with Gasteiger partial charge in [0.2, 0.25) is 0 Å². The zero-order valence-electron chi connectivity index (χ0n) is 12.6. The van der Waals surface area contributed by atoms with Gasteiger partial charge in [-0.25, -0.2) is 9.18 Å². The second-order valence-electron chi connectivity index (χ2n) is 5.33. The van der Waals surface area contributed by atoms with Crippen LogP contribution in [0.15, 0.2) is 28.8 Å². The van der Waals surface area contributed by atoms with Gasteiger partial charge in [-0.2, -0.15) is 0 Å². The fourth-order valence-corrected chi connectivity index (χ4v) is 2.64. The van der Waals surface area contributed by atoms with Gasteiger partial charge in [-0.3, -0.25) is 5.32 Å². The third kappa shape index (κ3) is 3.56. The molecule has 1 aliphatic rings. The van der Waals surface area contributed by atoms with Crippen molar-refractivity contribution in [2.24, 2.45) is 0 Å². The van der Waals surface area contributed by atoms with E-state index in [1.807, 2.05) is 0 Å². The molecule has 1 N–H and O–H groups in total. The molecule has 0 aliphatic carbocycles. The van der Waals surface area contributed by atoms with Crippen molar-refractivity contribution in [3.8, 4) is 0 Å². The van der Waals surface area contributed by atoms with Crippen molar-refractivity contribution in [2.75, 3.05) is 36.4 Å². The Morgan fingerprint density at radius 1 is 1.30 bits per heavy atom. The number of anilines is 2. The van der Waals surface area contributed by atoms with Crippen molar-refractivity contribution in [2.45, 2.75) is 6.92 Å². The summed E-state index contributed by atoms with van der Waals surface area (Å²) in [7, 11) is 0. The van der Waals surface area contributed by atoms with Crippen LogP contribution >= 0.6 is 11.6 Å². The molecule has 3 rings (SSSR count). The summed E-state index contributed by atoms with van der Waals surface area (Å²) in [4.78, 5) is 15.9. The molecule has 2 aromatic rings. The second-order valence-corrected chi connectivity index (χ2v) is 5.73. The summed E-state index contributed by atoms with van der Waals surface area (Å²) in [6.07, 6.45) is 0. The molecule has 1 aromatic heterocycles. The molecule has 0 saturated carbocycles. The van der Waals surface area contributed by atoms with Gasteiger partial charge in [-0.05, 0) is 25.1 Å². The summed E-state index contributed by atoms with van der Waals surface area (Å²) in [5, 5.41) is 6.53. The van der Waals surface area contributed by atoms with Crippen LogP contribution in [0, 0.1) is 12.7 Å². The minimum Gasteiger partial charge on any atom is -0.368 e. The van der Waals surface area contributed by atoms with Gasteiger partial charge >= 0.3 is 6.03 Å². The Kier molecular flexibility index (Phi) is 4.38. The molecule has 8 heteroatoms. The summed E-state index contributed by atoms with van der Waals surface area (Å²) < 4.78 is 18.1. The maximum Gasteiger partial charge on any atom is 0.323 e. The van der Waals surface area contributed by atoms with E-state index in [0.29, 0.717) is 37.8 Å². The topological polar surface area (TPSA) is 61.6 Å². The zero-order chi connectivity index (χ0) is 16.4. The van der Waals surface area contributed by atoms with Crippen LogP contribution in [0.3, 0.4) is 0 Å². The summed E-state index contributed by atoms with van der Waals surface area (Å²) in [6.45, 7) is 4.16. The number of urea groups is 1. The number of aryl methyl sites for hydroxylation is 1. The van der Waals surface area contributed by atoms with Gasteiger partial charge in [-0.15, -0.1) is 0 Å². The standard InChI is InChI=1S/C15H16ClFN4O2/c1-10-8-14(19-23-10)18-15(22)21-6-4-20(5-7-21)11-2-3-13(17)12(16)9-11/h2-3,8-9H,4-7H2,1H3,(H,18,19,22). The molecule has 23 heavy (non-hydrogen) atoms. The fourth-order valence-electron chi connectivity index (χ4n) is 2.46. The number of benzene rings is 1. The molecule has 1 aliphatic heterocycles. The Hall–Kier alpha value is -2.28. The Balaban J connectivity index is 1.57. The first-order valence-electron chi connectivity index (χ1n) is 7.22. The van der Waals surface area contributed by atoms with E-state index < -0.39 is 5.82 Å². The molecule has 0 bridgehead atoms. The lowest BCUT2D eigenvalue weighted by Gasteiger charge is -2.36. The van der Waals surface area contributed by atoms with Crippen LogP contribution in [0.4, 0.5) is 20.7 Å². The normalized spacial score (nSPS) is 14.9. The first-order chi connectivity index (χ1) is 11.0. The average molecular weight is 339 g/mol. The van der Waals surface area contributed by atoms with E-state index in [1.165, 1.54) is 6.07 Å². The van der Waals surface area contributed by atoms with Crippen molar-refractivity contribution < 1.29 is 13.7 Å². The highest BCUT2D eigenvalue weighted by Gasteiger charge is 2.22. The number of carbonyl (C=O) groups is 1. The summed E-state index contributed by atoms with van der Waals surface area (Å²) in [6, 6.07) is 6.09. The first-order valence-corrected chi connectivity index (χ1v) is 7.60. The highest BCUT2D eigenvalue weighted by molar-refractivity contribution is 6.31. The smallest absolute Gasteiger partial charge is 0.323 e. The average Bonchev–Trinajstić information content (AvgIpc) is 2.95. The van der Waals surface area contributed by atoms with Crippen molar-refractivity contribution in [3.05, 3.63) is 40.9 Å². The van der Waals surface area contributed by atoms with E-state index in [9.17, 15) is 9.18 Å². The molecule has 0 spiro atoms. The Labute approximate surface area is 137 Å². The maximum atomic E-state index is 13.2. The Morgan fingerprint density at radius 2 is 2.04 bits per heavy atom. The van der Waals surface area contributed by atoms with E-state index >= 15 is 0 Å². The largest absolute Gasteiger partial charge is 0.368 e. The third-order valence-electron chi connectivity index (χ3n) is 3.70. The van der Waals surface area contributed by atoms with Crippen LogP contribution in [0.5, 0.6) is 0 Å². The molecule has 0 atom stereocenters. The molecular formula is C15H16ClFN4O2. The fraction of sp³-hybridized carbons (Fsp3) is 0.333.